The van der Waals surface area contributed by atoms with Gasteiger partial charge in [-0.15, -0.1) is 0 Å². The van der Waals surface area contributed by atoms with E-state index in [0.29, 0.717) is 30.0 Å². The first-order valence-corrected chi connectivity index (χ1v) is 8.99. The highest BCUT2D eigenvalue weighted by Crippen LogP contribution is 2.26. The van der Waals surface area contributed by atoms with E-state index >= 15 is 0 Å². The maximum Gasteiger partial charge on any atom is 0.310 e. The van der Waals surface area contributed by atoms with Gasteiger partial charge in [0, 0.05) is 23.2 Å². The molecule has 6 heteroatoms. The van der Waals surface area contributed by atoms with E-state index in [-0.39, 0.29) is 24.4 Å². The van der Waals surface area contributed by atoms with Crippen molar-refractivity contribution in [3.8, 4) is 11.1 Å². The summed E-state index contributed by atoms with van der Waals surface area (Å²) in [5.74, 6) is -1.03. The molecule has 0 radical (unpaired) electrons. The van der Waals surface area contributed by atoms with Crippen molar-refractivity contribution in [1.82, 2.24) is 0 Å². The van der Waals surface area contributed by atoms with Crippen LogP contribution in [0.15, 0.2) is 42.5 Å². The van der Waals surface area contributed by atoms with E-state index in [1.54, 1.807) is 13.0 Å². The number of hydrogen-bond donors (Lipinski definition) is 2. The number of halogens is 2. The minimum Gasteiger partial charge on any atom is -0.466 e. The molecule has 0 heterocycles. The second-order valence-corrected chi connectivity index (χ2v) is 6.64. The summed E-state index contributed by atoms with van der Waals surface area (Å²) in [7, 11) is 0. The first-order chi connectivity index (χ1) is 12.4. The first kappa shape index (κ1) is 20.4. The SMILES string of the molecule is CCOC(=O)[C@H](CN)C[C@H](N)Cc1ccc(-c2cc(Cl)ccc2F)cc1. The van der Waals surface area contributed by atoms with E-state index in [1.807, 2.05) is 24.3 Å². The smallest absolute Gasteiger partial charge is 0.310 e. The topological polar surface area (TPSA) is 78.3 Å². The summed E-state index contributed by atoms with van der Waals surface area (Å²) in [5.41, 5.74) is 14.0. The van der Waals surface area contributed by atoms with Crippen molar-refractivity contribution in [3.05, 3.63) is 58.9 Å². The van der Waals surface area contributed by atoms with Gasteiger partial charge in [-0.1, -0.05) is 35.9 Å². The molecule has 0 fully saturated rings. The Hall–Kier alpha value is -1.95. The summed E-state index contributed by atoms with van der Waals surface area (Å²) in [6.45, 7) is 2.29. The summed E-state index contributed by atoms with van der Waals surface area (Å²) in [4.78, 5) is 11.8. The van der Waals surface area contributed by atoms with Gasteiger partial charge >= 0.3 is 5.97 Å². The lowest BCUT2D eigenvalue weighted by Crippen LogP contribution is -2.34. The molecule has 140 valence electrons. The van der Waals surface area contributed by atoms with Crippen LogP contribution in [0.2, 0.25) is 5.02 Å². The molecule has 0 aliphatic heterocycles. The first-order valence-electron chi connectivity index (χ1n) is 8.61. The Morgan fingerprint density at radius 2 is 1.92 bits per heavy atom. The summed E-state index contributed by atoms with van der Waals surface area (Å²) in [6.07, 6.45) is 1.05. The molecule has 2 atom stereocenters. The van der Waals surface area contributed by atoms with Crippen LogP contribution in [-0.4, -0.2) is 25.2 Å². The predicted octanol–water partition coefficient (Wildman–Crippen LogP) is 3.54. The second-order valence-electron chi connectivity index (χ2n) is 6.21. The maximum absolute atomic E-state index is 14.0. The van der Waals surface area contributed by atoms with Crippen molar-refractivity contribution in [2.75, 3.05) is 13.2 Å². The Morgan fingerprint density at radius 1 is 1.23 bits per heavy atom. The molecule has 0 bridgehead atoms. The lowest BCUT2D eigenvalue weighted by molar-refractivity contribution is -0.148. The zero-order chi connectivity index (χ0) is 19.1. The van der Waals surface area contributed by atoms with E-state index in [4.69, 9.17) is 27.8 Å². The molecule has 0 saturated carbocycles. The van der Waals surface area contributed by atoms with E-state index in [2.05, 4.69) is 0 Å². The van der Waals surface area contributed by atoms with Crippen molar-refractivity contribution < 1.29 is 13.9 Å². The molecule has 26 heavy (non-hydrogen) atoms. The van der Waals surface area contributed by atoms with Crippen molar-refractivity contribution >= 4 is 17.6 Å². The largest absolute Gasteiger partial charge is 0.466 e. The van der Waals surface area contributed by atoms with Gasteiger partial charge in [-0.2, -0.15) is 0 Å². The van der Waals surface area contributed by atoms with Gasteiger partial charge in [-0.3, -0.25) is 4.79 Å². The Kier molecular flexibility index (Phi) is 7.57. The fraction of sp³-hybridized carbons (Fsp3) is 0.350. The molecule has 0 saturated heterocycles. The molecule has 0 spiro atoms. The fourth-order valence-electron chi connectivity index (χ4n) is 2.84. The number of nitrogens with two attached hydrogens (primary N) is 2. The van der Waals surface area contributed by atoms with Crippen LogP contribution in [0.25, 0.3) is 11.1 Å². The Bertz CT molecular complexity index is 737. The molecular weight excluding hydrogens is 355 g/mol. The Balaban J connectivity index is 2.02. The molecule has 0 amide bonds. The number of esters is 1. The predicted molar refractivity (Wildman–Crippen MR) is 102 cm³/mol. The number of carbonyl (C=O) groups excluding carboxylic acids is 1. The van der Waals surface area contributed by atoms with Gasteiger partial charge in [0.25, 0.3) is 0 Å². The van der Waals surface area contributed by atoms with Crippen LogP contribution < -0.4 is 11.5 Å². The second kappa shape index (κ2) is 9.67. The van der Waals surface area contributed by atoms with Crippen molar-refractivity contribution in [1.29, 1.82) is 0 Å². The monoisotopic (exact) mass is 378 g/mol. The minimum absolute atomic E-state index is 0.208. The van der Waals surface area contributed by atoms with Gasteiger partial charge in [0.15, 0.2) is 0 Å². The normalized spacial score (nSPS) is 13.3. The Morgan fingerprint density at radius 3 is 2.54 bits per heavy atom. The number of ether oxygens (including phenoxy) is 1. The van der Waals surface area contributed by atoms with Crippen molar-refractivity contribution in [2.45, 2.75) is 25.8 Å². The molecule has 2 rings (SSSR count). The van der Waals surface area contributed by atoms with Gasteiger partial charge in [-0.25, -0.2) is 4.39 Å². The van der Waals surface area contributed by atoms with E-state index in [1.165, 1.54) is 12.1 Å². The van der Waals surface area contributed by atoms with Crippen LogP contribution in [-0.2, 0) is 16.0 Å². The summed E-state index contributed by atoms with van der Waals surface area (Å²) >= 11 is 5.95. The highest BCUT2D eigenvalue weighted by atomic mass is 35.5. The lowest BCUT2D eigenvalue weighted by atomic mass is 9.94. The highest BCUT2D eigenvalue weighted by Gasteiger charge is 2.21. The fourth-order valence-corrected chi connectivity index (χ4v) is 3.01. The number of rotatable bonds is 8. The summed E-state index contributed by atoms with van der Waals surface area (Å²) < 4.78 is 19.0. The molecule has 0 aliphatic carbocycles. The van der Waals surface area contributed by atoms with Crippen LogP contribution in [0.5, 0.6) is 0 Å². The molecule has 2 aromatic rings. The average molecular weight is 379 g/mol. The quantitative estimate of drug-likeness (QED) is 0.688. The summed E-state index contributed by atoms with van der Waals surface area (Å²) in [6, 6.07) is 11.7. The van der Waals surface area contributed by atoms with Gasteiger partial charge < -0.3 is 16.2 Å². The maximum atomic E-state index is 14.0. The van der Waals surface area contributed by atoms with Gasteiger partial charge in [0.2, 0.25) is 0 Å². The molecule has 4 N–H and O–H groups in total. The van der Waals surface area contributed by atoms with Gasteiger partial charge in [0.05, 0.1) is 12.5 Å². The standard InChI is InChI=1S/C20H24ClFN2O2/c1-2-26-20(25)15(12-23)10-17(24)9-13-3-5-14(6-4-13)18-11-16(21)7-8-19(18)22/h3-8,11,15,17H,2,9-10,12,23-24H2,1H3/t15-,17+/m0/s1. The van der Waals surface area contributed by atoms with Gasteiger partial charge in [0.1, 0.15) is 5.82 Å². The molecule has 0 aliphatic rings. The highest BCUT2D eigenvalue weighted by molar-refractivity contribution is 6.30. The number of benzene rings is 2. The third-order valence-corrected chi connectivity index (χ3v) is 4.42. The van der Waals surface area contributed by atoms with Crippen LogP contribution in [0.1, 0.15) is 18.9 Å². The third-order valence-electron chi connectivity index (χ3n) is 4.18. The average Bonchev–Trinajstić information content (AvgIpc) is 2.62. The molecular formula is C20H24ClFN2O2. The molecule has 2 aromatic carbocycles. The number of hydrogen-bond acceptors (Lipinski definition) is 4. The Labute approximate surface area is 158 Å². The van der Waals surface area contributed by atoms with Crippen LogP contribution in [0, 0.1) is 11.7 Å². The van der Waals surface area contributed by atoms with E-state index in [9.17, 15) is 9.18 Å². The van der Waals surface area contributed by atoms with Crippen LogP contribution >= 0.6 is 11.6 Å². The zero-order valence-electron chi connectivity index (χ0n) is 14.8. The number of carbonyl (C=O) groups is 1. The zero-order valence-corrected chi connectivity index (χ0v) is 15.5. The lowest BCUT2D eigenvalue weighted by Gasteiger charge is -2.18. The minimum atomic E-state index is -0.398. The van der Waals surface area contributed by atoms with Crippen molar-refractivity contribution in [3.63, 3.8) is 0 Å². The van der Waals surface area contributed by atoms with E-state index < -0.39 is 5.92 Å². The van der Waals surface area contributed by atoms with Gasteiger partial charge in [-0.05, 0) is 49.1 Å². The van der Waals surface area contributed by atoms with Crippen molar-refractivity contribution in [2.24, 2.45) is 17.4 Å². The molecule has 0 unspecified atom stereocenters. The van der Waals surface area contributed by atoms with Crippen LogP contribution in [0.3, 0.4) is 0 Å². The third kappa shape index (κ3) is 5.53. The van der Waals surface area contributed by atoms with E-state index in [0.717, 1.165) is 11.1 Å². The molecule has 4 nitrogen and oxygen atoms in total. The summed E-state index contributed by atoms with van der Waals surface area (Å²) in [5, 5.41) is 0.485. The van der Waals surface area contributed by atoms with Crippen LogP contribution in [0.4, 0.5) is 4.39 Å². The molecule has 0 aromatic heterocycles.